The Labute approximate surface area is 165 Å². The van der Waals surface area contributed by atoms with Gasteiger partial charge in [-0.2, -0.15) is 0 Å². The Kier molecular flexibility index (Phi) is 6.54. The standard InChI is InChI=1S/C23H23N3O2/c1-26(21-13-6-3-7-14-21)23(28)19-11-8-12-20(15-19)25-22(27)17-24-16-18-9-4-2-5-10-18/h2-15,24H,16-17H2,1H3,(H,25,27). The summed E-state index contributed by atoms with van der Waals surface area (Å²) in [7, 11) is 1.73. The van der Waals surface area contributed by atoms with E-state index in [9.17, 15) is 9.59 Å². The summed E-state index contributed by atoms with van der Waals surface area (Å²) in [5.74, 6) is -0.290. The van der Waals surface area contributed by atoms with Crippen molar-refractivity contribution >= 4 is 23.2 Å². The Hall–Kier alpha value is -3.44. The molecule has 3 aromatic rings. The molecule has 0 aliphatic heterocycles. The van der Waals surface area contributed by atoms with Crippen molar-refractivity contribution in [3.8, 4) is 0 Å². The van der Waals surface area contributed by atoms with E-state index in [1.165, 1.54) is 0 Å². The van der Waals surface area contributed by atoms with Crippen LogP contribution in [0, 0.1) is 0 Å². The first-order chi connectivity index (χ1) is 13.6. The van der Waals surface area contributed by atoms with Gasteiger partial charge in [0.25, 0.3) is 5.91 Å². The summed E-state index contributed by atoms with van der Waals surface area (Å²) in [6.07, 6.45) is 0. The predicted molar refractivity (Wildman–Crippen MR) is 112 cm³/mol. The molecule has 2 amide bonds. The van der Waals surface area contributed by atoms with Crippen LogP contribution in [0.15, 0.2) is 84.9 Å². The molecule has 0 spiro atoms. The summed E-state index contributed by atoms with van der Waals surface area (Å²) < 4.78 is 0. The fraction of sp³-hybridized carbons (Fsp3) is 0.130. The number of rotatable bonds is 7. The Balaban J connectivity index is 1.56. The van der Waals surface area contributed by atoms with Gasteiger partial charge in [-0.25, -0.2) is 0 Å². The summed E-state index contributed by atoms with van der Waals surface area (Å²) in [4.78, 5) is 26.5. The van der Waals surface area contributed by atoms with E-state index < -0.39 is 0 Å². The Morgan fingerprint density at radius 2 is 1.54 bits per heavy atom. The first kappa shape index (κ1) is 19.3. The van der Waals surface area contributed by atoms with Gasteiger partial charge < -0.3 is 15.5 Å². The number of carbonyl (C=O) groups is 2. The average Bonchev–Trinajstić information content (AvgIpc) is 2.74. The van der Waals surface area contributed by atoms with E-state index >= 15 is 0 Å². The van der Waals surface area contributed by atoms with Crippen LogP contribution in [0.2, 0.25) is 0 Å². The molecular formula is C23H23N3O2. The van der Waals surface area contributed by atoms with Gasteiger partial charge >= 0.3 is 0 Å². The van der Waals surface area contributed by atoms with Crippen LogP contribution in [-0.4, -0.2) is 25.4 Å². The quantitative estimate of drug-likeness (QED) is 0.664. The van der Waals surface area contributed by atoms with Crippen LogP contribution in [0.25, 0.3) is 0 Å². The number of carbonyl (C=O) groups excluding carboxylic acids is 2. The van der Waals surface area contributed by atoms with Crippen molar-refractivity contribution in [3.05, 3.63) is 96.1 Å². The zero-order valence-corrected chi connectivity index (χ0v) is 15.8. The van der Waals surface area contributed by atoms with Crippen LogP contribution < -0.4 is 15.5 Å². The van der Waals surface area contributed by atoms with Crippen molar-refractivity contribution in [1.82, 2.24) is 5.32 Å². The largest absolute Gasteiger partial charge is 0.325 e. The maximum Gasteiger partial charge on any atom is 0.258 e. The molecule has 0 aliphatic carbocycles. The molecule has 0 radical (unpaired) electrons. The highest BCUT2D eigenvalue weighted by Gasteiger charge is 2.14. The molecule has 5 heteroatoms. The van der Waals surface area contributed by atoms with Crippen molar-refractivity contribution in [3.63, 3.8) is 0 Å². The summed E-state index contributed by atoms with van der Waals surface area (Å²) >= 11 is 0. The third-order valence-electron chi connectivity index (χ3n) is 4.30. The molecule has 0 saturated heterocycles. The normalized spacial score (nSPS) is 10.3. The molecule has 28 heavy (non-hydrogen) atoms. The summed E-state index contributed by atoms with van der Waals surface area (Å²) in [5, 5.41) is 5.94. The zero-order chi connectivity index (χ0) is 19.8. The van der Waals surface area contributed by atoms with E-state index in [0.717, 1.165) is 11.3 Å². The van der Waals surface area contributed by atoms with Crippen molar-refractivity contribution in [2.24, 2.45) is 0 Å². The lowest BCUT2D eigenvalue weighted by atomic mass is 10.1. The third-order valence-corrected chi connectivity index (χ3v) is 4.30. The number of hydrogen-bond donors (Lipinski definition) is 2. The number of amides is 2. The smallest absolute Gasteiger partial charge is 0.258 e. The van der Waals surface area contributed by atoms with Crippen molar-refractivity contribution in [2.45, 2.75) is 6.54 Å². The molecule has 3 rings (SSSR count). The minimum absolute atomic E-state index is 0.135. The highest BCUT2D eigenvalue weighted by Crippen LogP contribution is 2.17. The van der Waals surface area contributed by atoms with Gasteiger partial charge in [0.2, 0.25) is 5.91 Å². The number of hydrogen-bond acceptors (Lipinski definition) is 3. The number of nitrogens with one attached hydrogen (secondary N) is 2. The molecule has 0 heterocycles. The summed E-state index contributed by atoms with van der Waals surface area (Å²) in [6, 6.07) is 26.3. The molecule has 3 aromatic carbocycles. The second-order valence-electron chi connectivity index (χ2n) is 6.42. The Morgan fingerprint density at radius 1 is 0.857 bits per heavy atom. The highest BCUT2D eigenvalue weighted by molar-refractivity contribution is 6.06. The van der Waals surface area contributed by atoms with E-state index in [1.807, 2.05) is 60.7 Å². The van der Waals surface area contributed by atoms with Crippen LogP contribution in [0.5, 0.6) is 0 Å². The molecule has 142 valence electrons. The van der Waals surface area contributed by atoms with Crippen molar-refractivity contribution < 1.29 is 9.59 Å². The fourth-order valence-corrected chi connectivity index (χ4v) is 2.81. The number of nitrogens with zero attached hydrogens (tertiary/aromatic N) is 1. The van der Waals surface area contributed by atoms with Gasteiger partial charge in [-0.15, -0.1) is 0 Å². The average molecular weight is 373 g/mol. The minimum atomic E-state index is -0.156. The monoisotopic (exact) mass is 373 g/mol. The molecule has 0 aliphatic rings. The lowest BCUT2D eigenvalue weighted by molar-refractivity contribution is -0.115. The first-order valence-electron chi connectivity index (χ1n) is 9.11. The second-order valence-corrected chi connectivity index (χ2v) is 6.42. The van der Waals surface area contributed by atoms with E-state index in [1.54, 1.807) is 36.2 Å². The van der Waals surface area contributed by atoms with E-state index in [2.05, 4.69) is 10.6 Å². The van der Waals surface area contributed by atoms with Gasteiger partial charge in [-0.05, 0) is 35.9 Å². The topological polar surface area (TPSA) is 61.4 Å². The molecule has 0 saturated carbocycles. The predicted octanol–water partition coefficient (Wildman–Crippen LogP) is 3.69. The lowest BCUT2D eigenvalue weighted by Gasteiger charge is -2.17. The Morgan fingerprint density at radius 3 is 2.25 bits per heavy atom. The molecule has 0 aromatic heterocycles. The van der Waals surface area contributed by atoms with Crippen molar-refractivity contribution in [2.75, 3.05) is 23.8 Å². The second kappa shape index (κ2) is 9.48. The molecule has 0 atom stereocenters. The summed E-state index contributed by atoms with van der Waals surface area (Å²) in [5.41, 5.74) is 3.04. The first-order valence-corrected chi connectivity index (χ1v) is 9.11. The van der Waals surface area contributed by atoms with Crippen molar-refractivity contribution in [1.29, 1.82) is 0 Å². The fourth-order valence-electron chi connectivity index (χ4n) is 2.81. The van der Waals surface area contributed by atoms with Gasteiger partial charge in [-0.1, -0.05) is 54.6 Å². The molecular weight excluding hydrogens is 350 g/mol. The molecule has 2 N–H and O–H groups in total. The molecule has 5 nitrogen and oxygen atoms in total. The van der Waals surface area contributed by atoms with Crippen LogP contribution in [0.3, 0.4) is 0 Å². The SMILES string of the molecule is CN(C(=O)c1cccc(NC(=O)CNCc2ccccc2)c1)c1ccccc1. The van der Waals surface area contributed by atoms with Gasteiger partial charge in [0.15, 0.2) is 0 Å². The van der Waals surface area contributed by atoms with Gasteiger partial charge in [0.1, 0.15) is 0 Å². The number of anilines is 2. The molecule has 0 unspecified atom stereocenters. The van der Waals surface area contributed by atoms with E-state index in [-0.39, 0.29) is 18.4 Å². The van der Waals surface area contributed by atoms with E-state index in [0.29, 0.717) is 17.8 Å². The van der Waals surface area contributed by atoms with Crippen LogP contribution >= 0.6 is 0 Å². The maximum atomic E-state index is 12.7. The summed E-state index contributed by atoms with van der Waals surface area (Å²) in [6.45, 7) is 0.811. The third kappa shape index (κ3) is 5.28. The molecule has 0 bridgehead atoms. The number of para-hydroxylation sites is 1. The lowest BCUT2D eigenvalue weighted by Crippen LogP contribution is -2.28. The van der Waals surface area contributed by atoms with Crippen LogP contribution in [0.4, 0.5) is 11.4 Å². The van der Waals surface area contributed by atoms with Gasteiger partial charge in [0, 0.05) is 30.5 Å². The van der Waals surface area contributed by atoms with Crippen LogP contribution in [-0.2, 0) is 11.3 Å². The van der Waals surface area contributed by atoms with Gasteiger partial charge in [0.05, 0.1) is 6.54 Å². The van der Waals surface area contributed by atoms with E-state index in [4.69, 9.17) is 0 Å². The zero-order valence-electron chi connectivity index (χ0n) is 15.8. The minimum Gasteiger partial charge on any atom is -0.325 e. The molecule has 0 fully saturated rings. The number of benzene rings is 3. The highest BCUT2D eigenvalue weighted by atomic mass is 16.2. The van der Waals surface area contributed by atoms with Gasteiger partial charge in [-0.3, -0.25) is 9.59 Å². The van der Waals surface area contributed by atoms with Crippen LogP contribution in [0.1, 0.15) is 15.9 Å². The Bertz CT molecular complexity index is 927. The maximum absolute atomic E-state index is 12.7.